The molecule has 1 aromatic heterocycles. The largest absolute Gasteiger partial charge is 0.371 e. The minimum absolute atomic E-state index is 0.132. The van der Waals surface area contributed by atoms with Crippen LogP contribution in [0.2, 0.25) is 0 Å². The second-order valence-electron chi connectivity index (χ2n) is 7.77. The topological polar surface area (TPSA) is 62.2 Å². The fraction of sp³-hybridized carbons (Fsp3) is 0.524. The maximum Gasteiger partial charge on any atom is 0.220 e. The van der Waals surface area contributed by atoms with E-state index in [4.69, 9.17) is 0 Å². The Kier molecular flexibility index (Phi) is 5.43. The first kappa shape index (κ1) is 18.0. The Morgan fingerprint density at radius 2 is 2.15 bits per heavy atom. The van der Waals surface area contributed by atoms with Crippen LogP contribution in [0.5, 0.6) is 0 Å². The van der Waals surface area contributed by atoms with Gasteiger partial charge in [-0.1, -0.05) is 17.7 Å². The highest BCUT2D eigenvalue weighted by Crippen LogP contribution is 2.23. The van der Waals surface area contributed by atoms with Gasteiger partial charge in [0.1, 0.15) is 0 Å². The van der Waals surface area contributed by atoms with E-state index in [0.717, 1.165) is 51.4 Å². The van der Waals surface area contributed by atoms with E-state index in [1.165, 1.54) is 16.9 Å². The van der Waals surface area contributed by atoms with Gasteiger partial charge < -0.3 is 15.5 Å². The van der Waals surface area contributed by atoms with E-state index < -0.39 is 0 Å². The summed E-state index contributed by atoms with van der Waals surface area (Å²) in [6, 6.07) is 10.8. The van der Waals surface area contributed by atoms with Crippen molar-refractivity contribution in [3.8, 4) is 0 Å². The standard InChI is InChI=1S/C21H29N5O/c1-16-2-5-19(6-3-16)25-10-8-17(15-25)13-23-21(27)7-4-18-12-20-14-22-9-11-26(20)24-18/h2-3,5-6,12,17,22H,4,7-11,13-15H2,1H3,(H,23,27). The first-order chi connectivity index (χ1) is 13.2. The van der Waals surface area contributed by atoms with Crippen LogP contribution in [0.3, 0.4) is 0 Å². The number of nitrogens with zero attached hydrogens (tertiary/aromatic N) is 3. The van der Waals surface area contributed by atoms with Gasteiger partial charge in [0.25, 0.3) is 0 Å². The number of carbonyl (C=O) groups excluding carboxylic acids is 1. The average molecular weight is 367 g/mol. The number of hydrogen-bond acceptors (Lipinski definition) is 4. The molecule has 0 bridgehead atoms. The van der Waals surface area contributed by atoms with Gasteiger partial charge in [0.05, 0.1) is 17.9 Å². The zero-order chi connectivity index (χ0) is 18.6. The number of anilines is 1. The smallest absolute Gasteiger partial charge is 0.220 e. The lowest BCUT2D eigenvalue weighted by Gasteiger charge is -2.19. The van der Waals surface area contributed by atoms with E-state index >= 15 is 0 Å². The van der Waals surface area contributed by atoms with Gasteiger partial charge in [-0.05, 0) is 37.5 Å². The Morgan fingerprint density at radius 3 is 2.96 bits per heavy atom. The Labute approximate surface area is 160 Å². The Hall–Kier alpha value is -2.34. The number of rotatable bonds is 6. The fourth-order valence-electron chi connectivity index (χ4n) is 3.95. The molecule has 6 heteroatoms. The van der Waals surface area contributed by atoms with Gasteiger partial charge in [-0.3, -0.25) is 9.48 Å². The summed E-state index contributed by atoms with van der Waals surface area (Å²) in [4.78, 5) is 14.7. The van der Waals surface area contributed by atoms with Crippen molar-refractivity contribution in [3.63, 3.8) is 0 Å². The number of benzene rings is 1. The molecule has 3 heterocycles. The lowest BCUT2D eigenvalue weighted by atomic mass is 10.1. The summed E-state index contributed by atoms with van der Waals surface area (Å²) < 4.78 is 2.06. The minimum Gasteiger partial charge on any atom is -0.371 e. The normalized spacial score (nSPS) is 19.1. The zero-order valence-corrected chi connectivity index (χ0v) is 16.1. The first-order valence-electron chi connectivity index (χ1n) is 10.0. The predicted molar refractivity (Wildman–Crippen MR) is 107 cm³/mol. The zero-order valence-electron chi connectivity index (χ0n) is 16.1. The number of hydrogen-bond donors (Lipinski definition) is 2. The molecule has 1 atom stereocenters. The van der Waals surface area contributed by atoms with Crippen LogP contribution >= 0.6 is 0 Å². The summed E-state index contributed by atoms with van der Waals surface area (Å²) >= 11 is 0. The summed E-state index contributed by atoms with van der Waals surface area (Å²) in [5, 5.41) is 11.1. The second kappa shape index (κ2) is 8.13. The predicted octanol–water partition coefficient (Wildman–Crippen LogP) is 1.87. The first-order valence-corrected chi connectivity index (χ1v) is 10.0. The van der Waals surface area contributed by atoms with Crippen molar-refractivity contribution in [3.05, 3.63) is 47.3 Å². The number of nitrogens with one attached hydrogen (secondary N) is 2. The highest BCUT2D eigenvalue weighted by molar-refractivity contribution is 5.76. The molecule has 1 aromatic carbocycles. The molecule has 144 valence electrons. The number of aryl methyl sites for hydroxylation is 2. The molecular formula is C21H29N5O. The van der Waals surface area contributed by atoms with E-state index in [-0.39, 0.29) is 5.91 Å². The quantitative estimate of drug-likeness (QED) is 0.818. The monoisotopic (exact) mass is 367 g/mol. The number of aromatic nitrogens is 2. The molecule has 1 fully saturated rings. The maximum absolute atomic E-state index is 12.2. The van der Waals surface area contributed by atoms with Crippen LogP contribution < -0.4 is 15.5 Å². The van der Waals surface area contributed by atoms with Crippen molar-refractivity contribution < 1.29 is 4.79 Å². The summed E-state index contributed by atoms with van der Waals surface area (Å²) in [5.74, 6) is 0.661. The number of amides is 1. The Bertz CT molecular complexity index is 759. The minimum atomic E-state index is 0.132. The molecule has 1 saturated heterocycles. The van der Waals surface area contributed by atoms with Crippen LogP contribution in [-0.2, 0) is 24.3 Å². The highest BCUT2D eigenvalue weighted by Gasteiger charge is 2.23. The third-order valence-corrected chi connectivity index (χ3v) is 5.60. The summed E-state index contributed by atoms with van der Waals surface area (Å²) in [5.41, 5.74) is 4.82. The molecule has 2 N–H and O–H groups in total. The molecule has 2 aliphatic heterocycles. The SMILES string of the molecule is Cc1ccc(N2CCC(CNC(=O)CCc3cc4n(n3)CCNC4)C2)cc1. The van der Waals surface area contributed by atoms with Crippen LogP contribution in [0.15, 0.2) is 30.3 Å². The molecule has 0 radical (unpaired) electrons. The molecular weight excluding hydrogens is 338 g/mol. The summed E-state index contributed by atoms with van der Waals surface area (Å²) in [6.45, 7) is 7.73. The van der Waals surface area contributed by atoms with Gasteiger partial charge in [0.15, 0.2) is 0 Å². The summed E-state index contributed by atoms with van der Waals surface area (Å²) in [6.07, 6.45) is 2.36. The van der Waals surface area contributed by atoms with Gasteiger partial charge in [0, 0.05) is 51.3 Å². The molecule has 0 aliphatic carbocycles. The molecule has 27 heavy (non-hydrogen) atoms. The van der Waals surface area contributed by atoms with Crippen molar-refractivity contribution in [1.82, 2.24) is 20.4 Å². The molecule has 6 nitrogen and oxygen atoms in total. The van der Waals surface area contributed by atoms with Crippen molar-refractivity contribution in [2.75, 3.05) is 31.1 Å². The van der Waals surface area contributed by atoms with E-state index in [1.807, 2.05) is 0 Å². The maximum atomic E-state index is 12.2. The highest BCUT2D eigenvalue weighted by atomic mass is 16.1. The van der Waals surface area contributed by atoms with Crippen LogP contribution in [0.25, 0.3) is 0 Å². The van der Waals surface area contributed by atoms with Gasteiger partial charge in [0.2, 0.25) is 5.91 Å². The molecule has 2 aromatic rings. The van der Waals surface area contributed by atoms with Gasteiger partial charge in [-0.2, -0.15) is 5.10 Å². The summed E-state index contributed by atoms with van der Waals surface area (Å²) in [7, 11) is 0. The van der Waals surface area contributed by atoms with Crippen LogP contribution in [0.4, 0.5) is 5.69 Å². The second-order valence-corrected chi connectivity index (χ2v) is 7.77. The van der Waals surface area contributed by atoms with E-state index in [9.17, 15) is 4.79 Å². The van der Waals surface area contributed by atoms with E-state index in [2.05, 4.69) is 62.6 Å². The third kappa shape index (κ3) is 4.50. The Morgan fingerprint density at radius 1 is 1.30 bits per heavy atom. The van der Waals surface area contributed by atoms with E-state index in [1.54, 1.807) is 0 Å². The number of fused-ring (bicyclic) bond motifs is 1. The molecule has 2 aliphatic rings. The molecule has 0 spiro atoms. The van der Waals surface area contributed by atoms with Crippen LogP contribution in [0, 0.1) is 12.8 Å². The van der Waals surface area contributed by atoms with E-state index in [0.29, 0.717) is 18.8 Å². The van der Waals surface area contributed by atoms with Crippen molar-refractivity contribution in [2.24, 2.45) is 5.92 Å². The molecule has 1 unspecified atom stereocenters. The number of carbonyl (C=O) groups is 1. The van der Waals surface area contributed by atoms with Gasteiger partial charge in [-0.25, -0.2) is 0 Å². The Balaban J connectivity index is 1.19. The molecule has 0 saturated carbocycles. The lowest BCUT2D eigenvalue weighted by molar-refractivity contribution is -0.121. The van der Waals surface area contributed by atoms with Crippen molar-refractivity contribution in [2.45, 2.75) is 39.3 Å². The van der Waals surface area contributed by atoms with Crippen LogP contribution in [-0.4, -0.2) is 41.9 Å². The van der Waals surface area contributed by atoms with Crippen molar-refractivity contribution >= 4 is 11.6 Å². The fourth-order valence-corrected chi connectivity index (χ4v) is 3.95. The van der Waals surface area contributed by atoms with Gasteiger partial charge in [-0.15, -0.1) is 0 Å². The third-order valence-electron chi connectivity index (χ3n) is 5.60. The van der Waals surface area contributed by atoms with Gasteiger partial charge >= 0.3 is 0 Å². The lowest BCUT2D eigenvalue weighted by Crippen LogP contribution is -2.31. The molecule has 4 rings (SSSR count). The van der Waals surface area contributed by atoms with Crippen molar-refractivity contribution in [1.29, 1.82) is 0 Å². The average Bonchev–Trinajstić information content (AvgIpc) is 3.32. The van der Waals surface area contributed by atoms with Crippen LogP contribution in [0.1, 0.15) is 29.8 Å². The molecule has 1 amide bonds.